The third kappa shape index (κ3) is 2.71. The van der Waals surface area contributed by atoms with Gasteiger partial charge < -0.3 is 5.32 Å². The van der Waals surface area contributed by atoms with Gasteiger partial charge in [0.15, 0.2) is 0 Å². The van der Waals surface area contributed by atoms with Crippen molar-refractivity contribution in [2.24, 2.45) is 0 Å². The molecule has 0 fully saturated rings. The van der Waals surface area contributed by atoms with Crippen molar-refractivity contribution in [2.45, 2.75) is 19.9 Å². The molecule has 4 nitrogen and oxygen atoms in total. The van der Waals surface area contributed by atoms with Crippen LogP contribution in [-0.4, -0.2) is 22.9 Å². The van der Waals surface area contributed by atoms with E-state index in [1.54, 1.807) is 6.20 Å². The molecule has 0 amide bonds. The second-order valence-electron chi connectivity index (χ2n) is 4.01. The fourth-order valence-electron chi connectivity index (χ4n) is 1.77. The lowest BCUT2D eigenvalue weighted by Crippen LogP contribution is -2.29. The first kappa shape index (κ1) is 11.8. The Labute approximate surface area is 100 Å². The number of fused-ring (bicyclic) bond motifs is 1. The van der Waals surface area contributed by atoms with Crippen LogP contribution in [0, 0.1) is 0 Å². The Hall–Kier alpha value is -1.68. The van der Waals surface area contributed by atoms with Crippen LogP contribution in [0.3, 0.4) is 0 Å². The van der Waals surface area contributed by atoms with Crippen LogP contribution in [0.5, 0.6) is 0 Å². The van der Waals surface area contributed by atoms with Crippen molar-refractivity contribution < 1.29 is 0 Å². The topological polar surface area (TPSA) is 46.9 Å². The maximum Gasteiger partial charge on any atom is 0.274 e. The Balaban J connectivity index is 2.18. The van der Waals surface area contributed by atoms with E-state index in [4.69, 9.17) is 0 Å². The highest BCUT2D eigenvalue weighted by atomic mass is 16.1. The van der Waals surface area contributed by atoms with Crippen molar-refractivity contribution in [3.63, 3.8) is 0 Å². The van der Waals surface area contributed by atoms with Crippen LogP contribution in [0.25, 0.3) is 10.8 Å². The zero-order valence-corrected chi connectivity index (χ0v) is 10.0. The van der Waals surface area contributed by atoms with Gasteiger partial charge in [-0.05, 0) is 19.0 Å². The highest BCUT2D eigenvalue weighted by Gasteiger charge is 2.02. The summed E-state index contributed by atoms with van der Waals surface area (Å²) in [7, 11) is 0. The first-order chi connectivity index (χ1) is 8.33. The molecule has 0 aliphatic heterocycles. The van der Waals surface area contributed by atoms with E-state index < -0.39 is 0 Å². The molecule has 0 atom stereocenters. The third-order valence-corrected chi connectivity index (χ3v) is 2.69. The van der Waals surface area contributed by atoms with Crippen molar-refractivity contribution in [2.75, 3.05) is 13.1 Å². The Bertz CT molecular complexity index is 548. The molecule has 0 saturated carbocycles. The quantitative estimate of drug-likeness (QED) is 0.791. The number of hydrogen-bond donors (Lipinski definition) is 1. The van der Waals surface area contributed by atoms with Crippen LogP contribution in [0.2, 0.25) is 0 Å². The zero-order valence-electron chi connectivity index (χ0n) is 10.0. The van der Waals surface area contributed by atoms with Crippen molar-refractivity contribution in [3.05, 3.63) is 40.8 Å². The normalized spacial score (nSPS) is 10.9. The molecule has 2 rings (SSSR count). The van der Waals surface area contributed by atoms with Gasteiger partial charge in [-0.25, -0.2) is 4.68 Å². The highest BCUT2D eigenvalue weighted by molar-refractivity contribution is 5.80. The summed E-state index contributed by atoms with van der Waals surface area (Å²) in [6.07, 6.45) is 2.84. The zero-order chi connectivity index (χ0) is 12.1. The summed E-state index contributed by atoms with van der Waals surface area (Å²) in [5, 5.41) is 9.06. The van der Waals surface area contributed by atoms with Crippen LogP contribution in [-0.2, 0) is 6.54 Å². The van der Waals surface area contributed by atoms with Gasteiger partial charge >= 0.3 is 0 Å². The molecule has 90 valence electrons. The molecule has 0 bridgehead atoms. The van der Waals surface area contributed by atoms with E-state index in [1.165, 1.54) is 4.68 Å². The van der Waals surface area contributed by atoms with E-state index in [1.807, 2.05) is 24.3 Å². The molecule has 1 aromatic heterocycles. The van der Waals surface area contributed by atoms with Gasteiger partial charge in [0, 0.05) is 11.9 Å². The van der Waals surface area contributed by atoms with Crippen LogP contribution < -0.4 is 10.9 Å². The lowest BCUT2D eigenvalue weighted by atomic mass is 10.2. The monoisotopic (exact) mass is 231 g/mol. The van der Waals surface area contributed by atoms with Gasteiger partial charge in [0.2, 0.25) is 0 Å². The first-order valence-electron chi connectivity index (χ1n) is 5.98. The summed E-state index contributed by atoms with van der Waals surface area (Å²) in [6.45, 7) is 4.48. The fourth-order valence-corrected chi connectivity index (χ4v) is 1.77. The molecular formula is C13H17N3O. The van der Waals surface area contributed by atoms with E-state index in [2.05, 4.69) is 17.3 Å². The number of aromatic nitrogens is 2. The SMILES string of the molecule is CCCNCCn1ncc2ccccc2c1=O. The molecule has 1 aromatic carbocycles. The number of benzene rings is 1. The minimum absolute atomic E-state index is 0.0126. The lowest BCUT2D eigenvalue weighted by molar-refractivity contribution is 0.535. The van der Waals surface area contributed by atoms with Crippen molar-refractivity contribution in [3.8, 4) is 0 Å². The summed E-state index contributed by atoms with van der Waals surface area (Å²) in [5.41, 5.74) is -0.0126. The smallest absolute Gasteiger partial charge is 0.274 e. The van der Waals surface area contributed by atoms with Crippen LogP contribution in [0.1, 0.15) is 13.3 Å². The molecule has 1 N–H and O–H groups in total. The fraction of sp³-hybridized carbons (Fsp3) is 0.385. The summed E-state index contributed by atoms with van der Waals surface area (Å²) in [5.74, 6) is 0. The molecule has 0 unspecified atom stereocenters. The Morgan fingerprint density at radius 3 is 2.94 bits per heavy atom. The molecule has 0 aliphatic carbocycles. The molecule has 17 heavy (non-hydrogen) atoms. The summed E-state index contributed by atoms with van der Waals surface area (Å²) in [6, 6.07) is 7.54. The second kappa shape index (κ2) is 5.59. The third-order valence-electron chi connectivity index (χ3n) is 2.69. The van der Waals surface area contributed by atoms with E-state index in [0.29, 0.717) is 6.54 Å². The summed E-state index contributed by atoms with van der Waals surface area (Å²) in [4.78, 5) is 12.1. The average molecular weight is 231 g/mol. The largest absolute Gasteiger partial charge is 0.315 e. The van der Waals surface area contributed by atoms with Crippen LogP contribution in [0.4, 0.5) is 0 Å². The average Bonchev–Trinajstić information content (AvgIpc) is 2.37. The lowest BCUT2D eigenvalue weighted by Gasteiger charge is -2.06. The van der Waals surface area contributed by atoms with Gasteiger partial charge in [-0.2, -0.15) is 5.10 Å². The van der Waals surface area contributed by atoms with Crippen LogP contribution >= 0.6 is 0 Å². The van der Waals surface area contributed by atoms with E-state index in [9.17, 15) is 4.79 Å². The number of rotatable bonds is 5. The number of nitrogens with one attached hydrogen (secondary N) is 1. The van der Waals surface area contributed by atoms with Crippen molar-refractivity contribution in [1.29, 1.82) is 0 Å². The minimum Gasteiger partial charge on any atom is -0.315 e. The molecular weight excluding hydrogens is 214 g/mol. The van der Waals surface area contributed by atoms with Gasteiger partial charge in [0.25, 0.3) is 5.56 Å². The molecule has 0 spiro atoms. The van der Waals surface area contributed by atoms with Crippen LogP contribution in [0.15, 0.2) is 35.3 Å². The molecule has 1 heterocycles. The molecule has 2 aromatic rings. The molecule has 0 radical (unpaired) electrons. The van der Waals surface area contributed by atoms with Gasteiger partial charge in [0.05, 0.1) is 18.1 Å². The first-order valence-corrected chi connectivity index (χ1v) is 5.98. The second-order valence-corrected chi connectivity index (χ2v) is 4.01. The Morgan fingerprint density at radius 1 is 1.29 bits per heavy atom. The molecule has 4 heteroatoms. The van der Waals surface area contributed by atoms with E-state index in [0.717, 1.165) is 30.3 Å². The minimum atomic E-state index is -0.0126. The van der Waals surface area contributed by atoms with Gasteiger partial charge in [-0.1, -0.05) is 25.1 Å². The summed E-state index contributed by atoms with van der Waals surface area (Å²) < 4.78 is 1.52. The Morgan fingerprint density at radius 2 is 2.12 bits per heavy atom. The number of hydrogen-bond acceptors (Lipinski definition) is 3. The van der Waals surface area contributed by atoms with E-state index in [-0.39, 0.29) is 5.56 Å². The number of nitrogens with zero attached hydrogens (tertiary/aromatic N) is 2. The maximum absolute atomic E-state index is 12.1. The van der Waals surface area contributed by atoms with Gasteiger partial charge in [-0.15, -0.1) is 0 Å². The molecule has 0 aliphatic rings. The van der Waals surface area contributed by atoms with Gasteiger partial charge in [0.1, 0.15) is 0 Å². The predicted molar refractivity (Wildman–Crippen MR) is 69.2 cm³/mol. The van der Waals surface area contributed by atoms with E-state index >= 15 is 0 Å². The highest BCUT2D eigenvalue weighted by Crippen LogP contribution is 2.05. The predicted octanol–water partition coefficient (Wildman–Crippen LogP) is 1.40. The standard InChI is InChI=1S/C13H17N3O/c1-2-7-14-8-9-16-13(17)12-6-4-3-5-11(12)10-15-16/h3-6,10,14H,2,7-9H2,1H3. The Kier molecular flexibility index (Phi) is 3.88. The van der Waals surface area contributed by atoms with Crippen molar-refractivity contribution in [1.82, 2.24) is 15.1 Å². The summed E-state index contributed by atoms with van der Waals surface area (Å²) >= 11 is 0. The molecule has 0 saturated heterocycles. The van der Waals surface area contributed by atoms with Gasteiger partial charge in [-0.3, -0.25) is 4.79 Å². The van der Waals surface area contributed by atoms with Crippen molar-refractivity contribution >= 4 is 10.8 Å². The maximum atomic E-state index is 12.1.